The van der Waals surface area contributed by atoms with Gasteiger partial charge in [-0.1, -0.05) is 30.3 Å². The molecule has 6 nitrogen and oxygen atoms in total. The molecular weight excluding hydrogens is 386 g/mol. The number of rotatable bonds is 5. The number of nitrogens with zero attached hydrogens (tertiary/aromatic N) is 2. The number of hydrogen-bond acceptors (Lipinski definition) is 4. The van der Waals surface area contributed by atoms with Crippen LogP contribution in [0.2, 0.25) is 0 Å². The number of benzene rings is 2. The molecule has 29 heavy (non-hydrogen) atoms. The molecule has 0 fully saturated rings. The van der Waals surface area contributed by atoms with Crippen molar-refractivity contribution in [2.75, 3.05) is 0 Å². The van der Waals surface area contributed by atoms with Gasteiger partial charge in [0.1, 0.15) is 5.01 Å². The molecule has 0 saturated heterocycles. The Hall–Kier alpha value is -3.71. The largest absolute Gasteiger partial charge is 0.478 e. The summed E-state index contributed by atoms with van der Waals surface area (Å²) in [5, 5.41) is 14.7. The first-order chi connectivity index (χ1) is 14.0. The summed E-state index contributed by atoms with van der Waals surface area (Å²) in [5.41, 5.74) is 3.65. The van der Waals surface area contributed by atoms with Gasteiger partial charge in [0.05, 0.1) is 22.5 Å². The fourth-order valence-corrected chi connectivity index (χ4v) is 3.88. The lowest BCUT2D eigenvalue weighted by atomic mass is 10.0. The lowest BCUT2D eigenvalue weighted by Gasteiger charge is -2.05. The summed E-state index contributed by atoms with van der Waals surface area (Å²) in [7, 11) is 0. The van der Waals surface area contributed by atoms with Gasteiger partial charge >= 0.3 is 5.97 Å². The van der Waals surface area contributed by atoms with Crippen LogP contribution in [-0.2, 0) is 0 Å². The molecular formula is C22H17N3O3S. The van der Waals surface area contributed by atoms with E-state index in [1.165, 1.54) is 11.3 Å². The maximum Gasteiger partial charge on any atom is 0.335 e. The summed E-state index contributed by atoms with van der Waals surface area (Å²) >= 11 is 1.43. The summed E-state index contributed by atoms with van der Waals surface area (Å²) in [6, 6.07) is 14.7. The van der Waals surface area contributed by atoms with Crippen molar-refractivity contribution in [3.05, 3.63) is 92.8 Å². The standard InChI is InChI=1S/C22H17N3O3S/c1-14-18(8-5-9-19(14)22(27)28)21-23-16(13-29-21)11-10-15-12-25(24-20(15)26)17-6-3-2-4-7-17/h2-13H,1H3,(H,24,26)(H,27,28). The summed E-state index contributed by atoms with van der Waals surface area (Å²) in [5.74, 6) is -0.955. The highest BCUT2D eigenvalue weighted by Gasteiger charge is 2.13. The van der Waals surface area contributed by atoms with Crippen LogP contribution < -0.4 is 5.56 Å². The number of thiazole rings is 1. The van der Waals surface area contributed by atoms with Crippen LogP contribution in [0.3, 0.4) is 0 Å². The van der Waals surface area contributed by atoms with E-state index in [2.05, 4.69) is 10.1 Å². The van der Waals surface area contributed by atoms with Crippen LogP contribution >= 0.6 is 11.3 Å². The molecule has 2 aromatic carbocycles. The predicted molar refractivity (Wildman–Crippen MR) is 115 cm³/mol. The maximum absolute atomic E-state index is 12.2. The highest BCUT2D eigenvalue weighted by atomic mass is 32.1. The summed E-state index contributed by atoms with van der Waals surface area (Å²) in [6.45, 7) is 1.78. The SMILES string of the molecule is Cc1c(C(=O)O)cccc1-c1nc(C=Cc2cn(-c3ccccc3)[nH]c2=O)cs1. The zero-order valence-electron chi connectivity index (χ0n) is 15.5. The highest BCUT2D eigenvalue weighted by Crippen LogP contribution is 2.29. The molecule has 0 aliphatic carbocycles. The average molecular weight is 403 g/mol. The second kappa shape index (κ2) is 7.73. The second-order valence-electron chi connectivity index (χ2n) is 6.43. The Morgan fingerprint density at radius 1 is 1.14 bits per heavy atom. The molecule has 7 heteroatoms. The molecule has 0 atom stereocenters. The third-order valence-electron chi connectivity index (χ3n) is 4.54. The number of hydrogen-bond donors (Lipinski definition) is 2. The van der Waals surface area contributed by atoms with Crippen LogP contribution in [0.5, 0.6) is 0 Å². The quantitative estimate of drug-likeness (QED) is 0.515. The molecule has 0 amide bonds. The number of aromatic nitrogens is 3. The summed E-state index contributed by atoms with van der Waals surface area (Å²) in [4.78, 5) is 28.1. The van der Waals surface area contributed by atoms with E-state index in [-0.39, 0.29) is 11.1 Å². The van der Waals surface area contributed by atoms with Crippen molar-refractivity contribution < 1.29 is 9.90 Å². The van der Waals surface area contributed by atoms with Gasteiger partial charge in [0.2, 0.25) is 0 Å². The van der Waals surface area contributed by atoms with E-state index in [9.17, 15) is 14.7 Å². The molecule has 0 aliphatic rings. The number of carboxylic acids is 1. The molecule has 4 aromatic rings. The molecule has 2 N–H and O–H groups in total. The molecule has 0 radical (unpaired) electrons. The van der Waals surface area contributed by atoms with E-state index in [1.54, 1.807) is 42.1 Å². The third kappa shape index (κ3) is 3.81. The lowest BCUT2D eigenvalue weighted by Crippen LogP contribution is -2.04. The zero-order valence-corrected chi connectivity index (χ0v) is 16.3. The first-order valence-electron chi connectivity index (χ1n) is 8.87. The van der Waals surface area contributed by atoms with Gasteiger partial charge in [0.15, 0.2) is 0 Å². The van der Waals surface area contributed by atoms with Gasteiger partial charge in [0, 0.05) is 17.1 Å². The number of aromatic amines is 1. The van der Waals surface area contributed by atoms with Gasteiger partial charge in [0.25, 0.3) is 5.56 Å². The van der Waals surface area contributed by atoms with Gasteiger partial charge in [-0.25, -0.2) is 9.78 Å². The molecule has 0 spiro atoms. The zero-order chi connectivity index (χ0) is 20.4. The Bertz CT molecular complexity index is 1270. The first-order valence-corrected chi connectivity index (χ1v) is 9.75. The molecule has 0 unspecified atom stereocenters. The molecule has 0 saturated carbocycles. The Kier molecular flexibility index (Phi) is 4.97. The molecule has 4 rings (SSSR count). The highest BCUT2D eigenvalue weighted by molar-refractivity contribution is 7.13. The summed E-state index contributed by atoms with van der Waals surface area (Å²) in [6.07, 6.45) is 5.23. The molecule has 2 heterocycles. The fourth-order valence-electron chi connectivity index (χ4n) is 3.01. The van der Waals surface area contributed by atoms with Gasteiger partial charge in [-0.15, -0.1) is 11.3 Å². The molecule has 2 aromatic heterocycles. The van der Waals surface area contributed by atoms with E-state index in [0.29, 0.717) is 16.8 Å². The normalized spacial score (nSPS) is 11.2. The molecule has 0 bridgehead atoms. The lowest BCUT2D eigenvalue weighted by molar-refractivity contribution is 0.0696. The maximum atomic E-state index is 12.2. The van der Waals surface area contributed by atoms with E-state index in [0.717, 1.165) is 16.3 Å². The first kappa shape index (κ1) is 18.6. The van der Waals surface area contributed by atoms with Crippen molar-refractivity contribution in [2.45, 2.75) is 6.92 Å². The van der Waals surface area contributed by atoms with Crippen molar-refractivity contribution in [3.63, 3.8) is 0 Å². The second-order valence-corrected chi connectivity index (χ2v) is 7.28. The minimum absolute atomic E-state index is 0.189. The van der Waals surface area contributed by atoms with E-state index in [4.69, 9.17) is 0 Å². The van der Waals surface area contributed by atoms with Crippen molar-refractivity contribution >= 4 is 29.5 Å². The van der Waals surface area contributed by atoms with Crippen LogP contribution in [0, 0.1) is 6.92 Å². The van der Waals surface area contributed by atoms with Crippen LogP contribution in [0.4, 0.5) is 0 Å². The van der Waals surface area contributed by atoms with E-state index < -0.39 is 5.97 Å². The smallest absolute Gasteiger partial charge is 0.335 e. The Morgan fingerprint density at radius 3 is 2.69 bits per heavy atom. The number of para-hydroxylation sites is 1. The van der Waals surface area contributed by atoms with Crippen molar-refractivity contribution in [2.24, 2.45) is 0 Å². The van der Waals surface area contributed by atoms with Gasteiger partial charge in [-0.05, 0) is 42.8 Å². The van der Waals surface area contributed by atoms with Crippen molar-refractivity contribution in [1.29, 1.82) is 0 Å². The molecule has 0 aliphatic heterocycles. The average Bonchev–Trinajstić information content (AvgIpc) is 3.33. The number of carbonyl (C=O) groups is 1. The Balaban J connectivity index is 1.60. The summed E-state index contributed by atoms with van der Waals surface area (Å²) < 4.78 is 1.68. The van der Waals surface area contributed by atoms with Gasteiger partial charge in [-0.2, -0.15) is 0 Å². The third-order valence-corrected chi connectivity index (χ3v) is 5.43. The van der Waals surface area contributed by atoms with E-state index >= 15 is 0 Å². The number of aromatic carboxylic acids is 1. The number of carboxylic acid groups (broad SMARTS) is 1. The minimum Gasteiger partial charge on any atom is -0.478 e. The van der Waals surface area contributed by atoms with Crippen LogP contribution in [0.1, 0.15) is 27.2 Å². The number of H-pyrrole nitrogens is 1. The monoisotopic (exact) mass is 403 g/mol. The fraction of sp³-hybridized carbons (Fsp3) is 0.0455. The minimum atomic E-state index is -0.955. The van der Waals surface area contributed by atoms with Crippen LogP contribution in [0.25, 0.3) is 28.4 Å². The van der Waals surface area contributed by atoms with Crippen molar-refractivity contribution in [1.82, 2.24) is 14.8 Å². The van der Waals surface area contributed by atoms with Gasteiger partial charge < -0.3 is 5.11 Å². The number of nitrogens with one attached hydrogen (secondary N) is 1. The van der Waals surface area contributed by atoms with E-state index in [1.807, 2.05) is 41.8 Å². The predicted octanol–water partition coefficient (Wildman–Crippen LogP) is 4.47. The van der Waals surface area contributed by atoms with Crippen LogP contribution in [-0.4, -0.2) is 25.8 Å². The van der Waals surface area contributed by atoms with Crippen molar-refractivity contribution in [3.8, 4) is 16.3 Å². The topological polar surface area (TPSA) is 88.0 Å². The van der Waals surface area contributed by atoms with Crippen LogP contribution in [0.15, 0.2) is 64.9 Å². The molecule has 144 valence electrons. The Labute approximate surface area is 170 Å². The Morgan fingerprint density at radius 2 is 1.93 bits per heavy atom. The van der Waals surface area contributed by atoms with Gasteiger partial charge in [-0.3, -0.25) is 14.6 Å².